The lowest BCUT2D eigenvalue weighted by atomic mass is 10.1. The van der Waals surface area contributed by atoms with Crippen molar-refractivity contribution in [2.75, 3.05) is 5.32 Å². The van der Waals surface area contributed by atoms with Crippen LogP contribution in [0.15, 0.2) is 30.3 Å². The molecule has 0 atom stereocenters. The average Bonchev–Trinajstić information content (AvgIpc) is 3.21. The molecule has 22 heavy (non-hydrogen) atoms. The van der Waals surface area contributed by atoms with Crippen molar-refractivity contribution in [2.45, 2.75) is 32.2 Å². The number of halogens is 1. The summed E-state index contributed by atoms with van der Waals surface area (Å²) in [6.07, 6.45) is 3.04. The molecule has 0 saturated heterocycles. The predicted octanol–water partition coefficient (Wildman–Crippen LogP) is 4.30. The lowest BCUT2D eigenvalue weighted by Crippen LogP contribution is -2.06. The van der Waals surface area contributed by atoms with E-state index in [2.05, 4.69) is 23.3 Å². The molecule has 3 nitrogen and oxygen atoms in total. The molecule has 1 saturated carbocycles. The first-order valence-corrected chi connectivity index (χ1v) is 8.27. The van der Waals surface area contributed by atoms with Gasteiger partial charge in [0, 0.05) is 17.3 Å². The molecule has 0 bridgehead atoms. The summed E-state index contributed by atoms with van der Waals surface area (Å²) < 4.78 is 13.0. The second kappa shape index (κ2) is 5.32. The topological polar surface area (TPSA) is 37.8 Å². The predicted molar refractivity (Wildman–Crippen MR) is 88.0 cm³/mol. The van der Waals surface area contributed by atoms with Crippen LogP contribution in [0.4, 0.5) is 10.2 Å². The molecule has 0 radical (unpaired) electrons. The summed E-state index contributed by atoms with van der Waals surface area (Å²) in [6.45, 7) is 2.09. The number of hydrogen-bond donors (Lipinski definition) is 1. The van der Waals surface area contributed by atoms with Crippen molar-refractivity contribution < 1.29 is 4.39 Å². The summed E-state index contributed by atoms with van der Waals surface area (Å²) in [4.78, 5) is 11.6. The molecule has 3 aromatic rings. The monoisotopic (exact) mass is 313 g/mol. The van der Waals surface area contributed by atoms with Crippen molar-refractivity contribution in [1.82, 2.24) is 9.97 Å². The molecule has 1 fully saturated rings. The van der Waals surface area contributed by atoms with E-state index in [1.54, 1.807) is 23.5 Å². The Bertz CT molecular complexity index is 822. The van der Waals surface area contributed by atoms with Gasteiger partial charge in [0.25, 0.3) is 0 Å². The Hall–Kier alpha value is -2.01. The first kappa shape index (κ1) is 13.6. The number of fused-ring (bicyclic) bond motifs is 1. The normalized spacial score (nSPS) is 14.5. The molecule has 1 aliphatic rings. The van der Waals surface area contributed by atoms with Gasteiger partial charge in [-0.25, -0.2) is 14.4 Å². The maximum absolute atomic E-state index is 13.0. The number of aromatic nitrogens is 2. The van der Waals surface area contributed by atoms with Gasteiger partial charge in [0.2, 0.25) is 0 Å². The second-order valence-corrected chi connectivity index (χ2v) is 7.02. The zero-order valence-electron chi connectivity index (χ0n) is 12.3. The van der Waals surface area contributed by atoms with Gasteiger partial charge in [-0.15, -0.1) is 11.3 Å². The highest BCUT2D eigenvalue weighted by Crippen LogP contribution is 2.32. The first-order valence-electron chi connectivity index (χ1n) is 7.45. The molecule has 1 aliphatic carbocycles. The van der Waals surface area contributed by atoms with Gasteiger partial charge in [-0.05, 0) is 43.5 Å². The van der Waals surface area contributed by atoms with E-state index in [4.69, 9.17) is 4.98 Å². The zero-order chi connectivity index (χ0) is 15.1. The summed E-state index contributed by atoms with van der Waals surface area (Å²) in [5.74, 6) is 1.50. The highest BCUT2D eigenvalue weighted by Gasteiger charge is 2.23. The minimum Gasteiger partial charge on any atom is -0.367 e. The Morgan fingerprint density at radius 2 is 2.00 bits per heavy atom. The van der Waals surface area contributed by atoms with E-state index in [0.29, 0.717) is 12.5 Å². The van der Waals surface area contributed by atoms with E-state index in [0.717, 1.165) is 27.4 Å². The lowest BCUT2D eigenvalue weighted by Gasteiger charge is -2.08. The van der Waals surface area contributed by atoms with Crippen LogP contribution in [0.5, 0.6) is 0 Å². The van der Waals surface area contributed by atoms with Crippen LogP contribution in [-0.4, -0.2) is 16.0 Å². The number of nitrogens with zero attached hydrogens (tertiary/aromatic N) is 2. The van der Waals surface area contributed by atoms with Gasteiger partial charge >= 0.3 is 0 Å². The van der Waals surface area contributed by atoms with Crippen LogP contribution in [-0.2, 0) is 6.42 Å². The highest BCUT2D eigenvalue weighted by atomic mass is 32.1. The Labute approximate surface area is 132 Å². The van der Waals surface area contributed by atoms with Crippen molar-refractivity contribution >= 4 is 27.4 Å². The van der Waals surface area contributed by atoms with Crippen molar-refractivity contribution in [2.24, 2.45) is 0 Å². The lowest BCUT2D eigenvalue weighted by molar-refractivity contribution is 0.627. The summed E-state index contributed by atoms with van der Waals surface area (Å²) >= 11 is 1.69. The van der Waals surface area contributed by atoms with E-state index in [1.807, 2.05) is 0 Å². The Balaban J connectivity index is 1.71. The minimum atomic E-state index is -0.218. The summed E-state index contributed by atoms with van der Waals surface area (Å²) in [7, 11) is 0. The largest absolute Gasteiger partial charge is 0.367 e. The third kappa shape index (κ3) is 2.81. The van der Waals surface area contributed by atoms with Crippen LogP contribution in [0.1, 0.15) is 29.1 Å². The highest BCUT2D eigenvalue weighted by molar-refractivity contribution is 7.18. The summed E-state index contributed by atoms with van der Waals surface area (Å²) in [6, 6.07) is 9.23. The van der Waals surface area contributed by atoms with Crippen LogP contribution < -0.4 is 5.32 Å². The molecule has 5 heteroatoms. The minimum absolute atomic E-state index is 0.218. The average molecular weight is 313 g/mol. The quantitative estimate of drug-likeness (QED) is 0.780. The maximum Gasteiger partial charge on any atom is 0.138 e. The van der Waals surface area contributed by atoms with E-state index in [9.17, 15) is 4.39 Å². The summed E-state index contributed by atoms with van der Waals surface area (Å²) in [5, 5.41) is 4.61. The fraction of sp³-hybridized carbons (Fsp3) is 0.294. The zero-order valence-corrected chi connectivity index (χ0v) is 13.1. The van der Waals surface area contributed by atoms with Gasteiger partial charge in [-0.3, -0.25) is 0 Å². The van der Waals surface area contributed by atoms with Crippen LogP contribution in [0.25, 0.3) is 10.2 Å². The molecule has 2 heterocycles. The van der Waals surface area contributed by atoms with Crippen molar-refractivity contribution in [3.63, 3.8) is 0 Å². The molecule has 0 aliphatic heterocycles. The molecule has 0 spiro atoms. The third-order valence-electron chi connectivity index (χ3n) is 3.76. The number of thiophene rings is 1. The molecule has 1 aromatic carbocycles. The maximum atomic E-state index is 13.0. The van der Waals surface area contributed by atoms with E-state index >= 15 is 0 Å². The number of aryl methyl sites for hydroxylation is 1. The Morgan fingerprint density at radius 3 is 2.73 bits per heavy atom. The second-order valence-electron chi connectivity index (χ2n) is 5.79. The van der Waals surface area contributed by atoms with Gasteiger partial charge in [0.05, 0.1) is 5.39 Å². The third-order valence-corrected chi connectivity index (χ3v) is 4.70. The van der Waals surface area contributed by atoms with Gasteiger partial charge in [0.1, 0.15) is 22.3 Å². The Kier molecular flexibility index (Phi) is 3.30. The van der Waals surface area contributed by atoms with Crippen molar-refractivity contribution in [3.8, 4) is 0 Å². The van der Waals surface area contributed by atoms with Gasteiger partial charge in [-0.1, -0.05) is 12.1 Å². The van der Waals surface area contributed by atoms with Gasteiger partial charge < -0.3 is 5.32 Å². The van der Waals surface area contributed by atoms with Crippen molar-refractivity contribution in [1.29, 1.82) is 0 Å². The molecule has 2 aromatic heterocycles. The van der Waals surface area contributed by atoms with Crippen LogP contribution in [0.3, 0.4) is 0 Å². The van der Waals surface area contributed by atoms with E-state index in [-0.39, 0.29) is 5.82 Å². The molecular formula is C17H16FN3S. The van der Waals surface area contributed by atoms with Crippen LogP contribution >= 0.6 is 11.3 Å². The number of nitrogens with one attached hydrogen (secondary N) is 1. The molecule has 0 amide bonds. The van der Waals surface area contributed by atoms with Crippen LogP contribution in [0.2, 0.25) is 0 Å². The molecule has 112 valence electrons. The number of hydrogen-bond acceptors (Lipinski definition) is 4. The van der Waals surface area contributed by atoms with Crippen molar-refractivity contribution in [3.05, 3.63) is 52.4 Å². The molecule has 1 N–H and O–H groups in total. The fourth-order valence-corrected chi connectivity index (χ4v) is 3.38. The van der Waals surface area contributed by atoms with E-state index in [1.165, 1.54) is 29.9 Å². The van der Waals surface area contributed by atoms with Crippen LogP contribution in [0, 0.1) is 12.7 Å². The SMILES string of the molecule is Cc1cc2c(NC3CC3)nc(Cc3ccc(F)cc3)nc2s1. The smallest absolute Gasteiger partial charge is 0.138 e. The molecule has 0 unspecified atom stereocenters. The summed E-state index contributed by atoms with van der Waals surface area (Å²) in [5.41, 5.74) is 1.02. The number of anilines is 1. The fourth-order valence-electron chi connectivity index (χ4n) is 2.48. The number of benzene rings is 1. The first-order chi connectivity index (χ1) is 10.7. The molecular weight excluding hydrogens is 297 g/mol. The van der Waals surface area contributed by atoms with Gasteiger partial charge in [0.15, 0.2) is 0 Å². The van der Waals surface area contributed by atoms with Gasteiger partial charge in [-0.2, -0.15) is 0 Å². The molecule has 4 rings (SSSR count). The number of rotatable bonds is 4. The standard InChI is InChI=1S/C17H16FN3S/c1-10-8-14-16(19-13-6-7-13)20-15(21-17(14)22-10)9-11-2-4-12(18)5-3-11/h2-5,8,13H,6-7,9H2,1H3,(H,19,20,21). The van der Waals surface area contributed by atoms with E-state index < -0.39 is 0 Å². The Morgan fingerprint density at radius 1 is 1.23 bits per heavy atom.